The number of aliphatic imine (C=N–C) groups is 1. The molecule has 1 aromatic heterocycles. The number of oxazole rings is 1. The summed E-state index contributed by atoms with van der Waals surface area (Å²) in [7, 11) is 2.03. The molecule has 2 unspecified atom stereocenters. The van der Waals surface area contributed by atoms with Crippen LogP contribution in [0.3, 0.4) is 0 Å². The molecular weight excluding hydrogens is 444 g/mol. The lowest BCUT2D eigenvalue weighted by atomic mass is 9.86. The maximum Gasteiger partial charge on any atom is 0.395 e. The molecule has 3 heterocycles. The zero-order valence-electron chi connectivity index (χ0n) is 19.8. The molecule has 0 radical (unpaired) electrons. The predicted octanol–water partition coefficient (Wildman–Crippen LogP) is 3.88. The molecule has 0 aliphatic carbocycles. The molecule has 0 spiro atoms. The van der Waals surface area contributed by atoms with Crippen molar-refractivity contribution in [3.63, 3.8) is 0 Å². The van der Waals surface area contributed by atoms with Gasteiger partial charge in [-0.3, -0.25) is 9.79 Å². The number of rotatable bonds is 7. The van der Waals surface area contributed by atoms with Crippen LogP contribution >= 0.6 is 0 Å². The van der Waals surface area contributed by atoms with Gasteiger partial charge < -0.3 is 24.1 Å². The molecule has 8 nitrogen and oxygen atoms in total. The van der Waals surface area contributed by atoms with E-state index in [0.717, 1.165) is 24.1 Å². The number of amides is 1. The number of likely N-dealkylation sites (tertiary alicyclic amines) is 1. The number of piperidine rings is 1. The minimum atomic E-state index is -0.459. The number of aliphatic hydroxyl groups is 1. The van der Waals surface area contributed by atoms with Gasteiger partial charge in [-0.15, -0.1) is 0 Å². The Morgan fingerprint density at radius 3 is 2.77 bits per heavy atom. The number of fused-ring (bicyclic) bond motifs is 2. The largest absolute Gasteiger partial charge is 0.440 e. The molecule has 5 rings (SSSR count). The monoisotopic (exact) mass is 474 g/mol. The number of carbonyl (C=O) groups excluding carboxylic acids is 1. The number of para-hydroxylation sites is 2. The molecule has 2 aliphatic rings. The fraction of sp³-hybridized carbons (Fsp3) is 0.370. The van der Waals surface area contributed by atoms with Gasteiger partial charge in [-0.25, -0.2) is 0 Å². The summed E-state index contributed by atoms with van der Waals surface area (Å²) in [5.41, 5.74) is 4.69. The Morgan fingerprint density at radius 1 is 1.26 bits per heavy atom. The lowest BCUT2D eigenvalue weighted by Crippen LogP contribution is -2.43. The first-order valence-electron chi connectivity index (χ1n) is 12.0. The van der Waals surface area contributed by atoms with Gasteiger partial charge in [0, 0.05) is 25.7 Å². The van der Waals surface area contributed by atoms with Crippen molar-refractivity contribution in [1.29, 1.82) is 0 Å². The molecule has 182 valence electrons. The van der Waals surface area contributed by atoms with Gasteiger partial charge in [0.05, 0.1) is 24.0 Å². The summed E-state index contributed by atoms with van der Waals surface area (Å²) in [5, 5.41) is 11.1. The normalized spacial score (nSPS) is 20.3. The molecule has 3 aromatic rings. The Morgan fingerprint density at radius 2 is 2.00 bits per heavy atom. The van der Waals surface area contributed by atoms with Crippen molar-refractivity contribution in [2.24, 2.45) is 10.9 Å². The zero-order chi connectivity index (χ0) is 24.4. The van der Waals surface area contributed by atoms with Crippen molar-refractivity contribution in [3.05, 3.63) is 65.9 Å². The Balaban J connectivity index is 1.14. The van der Waals surface area contributed by atoms with E-state index in [1.165, 1.54) is 5.56 Å². The highest BCUT2D eigenvalue weighted by Crippen LogP contribution is 2.43. The van der Waals surface area contributed by atoms with Crippen LogP contribution in [0.2, 0.25) is 0 Å². The van der Waals surface area contributed by atoms with E-state index in [-0.39, 0.29) is 30.6 Å². The second-order valence-electron chi connectivity index (χ2n) is 9.17. The Bertz CT molecular complexity index is 1210. The van der Waals surface area contributed by atoms with Gasteiger partial charge in [0.15, 0.2) is 12.2 Å². The summed E-state index contributed by atoms with van der Waals surface area (Å²) in [5.74, 6) is 0.0412. The van der Waals surface area contributed by atoms with Crippen LogP contribution in [0.25, 0.3) is 16.8 Å². The van der Waals surface area contributed by atoms with E-state index in [1.54, 1.807) is 11.1 Å². The van der Waals surface area contributed by atoms with E-state index in [4.69, 9.17) is 9.15 Å². The minimum absolute atomic E-state index is 0.0820. The van der Waals surface area contributed by atoms with Crippen molar-refractivity contribution in [1.82, 2.24) is 14.8 Å². The zero-order valence-corrected chi connectivity index (χ0v) is 19.8. The number of ether oxygens (including phenoxy) is 1. The number of aromatic nitrogens is 1. The topological polar surface area (TPSA) is 91.4 Å². The molecule has 1 fully saturated rings. The van der Waals surface area contributed by atoms with Crippen LogP contribution in [0.15, 0.2) is 64.1 Å². The molecular formula is C27H30N4O4. The Kier molecular flexibility index (Phi) is 6.55. The molecule has 0 bridgehead atoms. The van der Waals surface area contributed by atoms with Crippen LogP contribution in [0, 0.1) is 5.92 Å². The highest BCUT2D eigenvalue weighted by Gasteiger charge is 2.35. The molecule has 1 amide bonds. The molecule has 2 aliphatic heterocycles. The molecule has 1 N–H and O–H groups in total. The van der Waals surface area contributed by atoms with Crippen LogP contribution in [-0.2, 0) is 4.79 Å². The van der Waals surface area contributed by atoms with Gasteiger partial charge in [-0.2, -0.15) is 4.98 Å². The van der Waals surface area contributed by atoms with E-state index in [9.17, 15) is 9.90 Å². The third-order valence-electron chi connectivity index (χ3n) is 7.15. The fourth-order valence-corrected chi connectivity index (χ4v) is 5.20. The first kappa shape index (κ1) is 23.1. The first-order chi connectivity index (χ1) is 17.0. The van der Waals surface area contributed by atoms with E-state index in [0.29, 0.717) is 30.6 Å². The summed E-state index contributed by atoms with van der Waals surface area (Å²) in [6.07, 6.45) is 3.56. The van der Waals surface area contributed by atoms with Crippen molar-refractivity contribution in [2.75, 3.05) is 26.7 Å². The Hall–Kier alpha value is -3.65. The average molecular weight is 475 g/mol. The molecule has 35 heavy (non-hydrogen) atoms. The van der Waals surface area contributed by atoms with Crippen LogP contribution in [0.5, 0.6) is 6.08 Å². The highest BCUT2D eigenvalue weighted by atomic mass is 16.6. The maximum atomic E-state index is 12.7. The third kappa shape index (κ3) is 4.66. The summed E-state index contributed by atoms with van der Waals surface area (Å²) < 4.78 is 11.0. The molecule has 1 saturated heterocycles. The third-order valence-corrected chi connectivity index (χ3v) is 7.15. The second-order valence-corrected chi connectivity index (χ2v) is 9.17. The van der Waals surface area contributed by atoms with E-state index < -0.39 is 6.10 Å². The molecule has 2 atom stereocenters. The van der Waals surface area contributed by atoms with Gasteiger partial charge in [0.1, 0.15) is 5.52 Å². The first-order valence-corrected chi connectivity index (χ1v) is 12.0. The van der Waals surface area contributed by atoms with Crippen molar-refractivity contribution in [2.45, 2.75) is 31.4 Å². The Labute approximate surface area is 204 Å². The van der Waals surface area contributed by atoms with Crippen LogP contribution in [0.1, 0.15) is 36.4 Å². The SMILES string of the molecule is C=N/C=C1/c2ccccc2C(CC(O)C2CCN(C(=O)COc3nc4ccccc4o3)CC2)N1C. The molecule has 8 heteroatoms. The minimum Gasteiger partial charge on any atom is -0.440 e. The van der Waals surface area contributed by atoms with E-state index >= 15 is 0 Å². The standard InChI is InChI=1S/C27H30N4O4/c1-28-16-23-20-8-4-3-7-19(20)22(30(23)2)15-24(32)18-11-13-31(14-12-18)26(33)17-34-27-29-21-9-5-6-10-25(21)35-27/h3-10,16,18,22,24,32H,1,11-15,17H2,2H3/b23-16-. The number of aliphatic hydroxyl groups excluding tert-OH is 1. The maximum absolute atomic E-state index is 12.7. The second kappa shape index (κ2) is 9.92. The number of hydrogen-bond acceptors (Lipinski definition) is 7. The van der Waals surface area contributed by atoms with Gasteiger partial charge in [0.2, 0.25) is 0 Å². The lowest BCUT2D eigenvalue weighted by Gasteiger charge is -2.35. The van der Waals surface area contributed by atoms with Crippen molar-refractivity contribution in [3.8, 4) is 6.08 Å². The number of nitrogens with zero attached hydrogens (tertiary/aromatic N) is 4. The summed E-state index contributed by atoms with van der Waals surface area (Å²) in [6.45, 7) is 4.68. The van der Waals surface area contributed by atoms with Gasteiger partial charge in [-0.1, -0.05) is 36.4 Å². The van der Waals surface area contributed by atoms with Crippen LogP contribution < -0.4 is 4.74 Å². The highest BCUT2D eigenvalue weighted by molar-refractivity contribution is 5.78. The lowest BCUT2D eigenvalue weighted by molar-refractivity contribution is -0.135. The van der Waals surface area contributed by atoms with Crippen molar-refractivity contribution < 1.29 is 19.1 Å². The number of benzene rings is 2. The van der Waals surface area contributed by atoms with Gasteiger partial charge in [0.25, 0.3) is 5.91 Å². The van der Waals surface area contributed by atoms with E-state index in [1.807, 2.05) is 43.4 Å². The summed E-state index contributed by atoms with van der Waals surface area (Å²) >= 11 is 0. The molecule has 2 aromatic carbocycles. The average Bonchev–Trinajstić information content (AvgIpc) is 3.42. The predicted molar refractivity (Wildman–Crippen MR) is 134 cm³/mol. The van der Waals surface area contributed by atoms with Gasteiger partial charge in [-0.05, 0) is 49.6 Å². The van der Waals surface area contributed by atoms with Crippen LogP contribution in [-0.4, -0.2) is 65.4 Å². The van der Waals surface area contributed by atoms with E-state index in [2.05, 4.69) is 33.7 Å². The number of hydrogen-bond donors (Lipinski definition) is 1. The number of carbonyl (C=O) groups is 1. The summed E-state index contributed by atoms with van der Waals surface area (Å²) in [6, 6.07) is 15.7. The van der Waals surface area contributed by atoms with Crippen LogP contribution in [0.4, 0.5) is 0 Å². The van der Waals surface area contributed by atoms with Gasteiger partial charge >= 0.3 is 6.08 Å². The molecule has 0 saturated carbocycles. The quantitative estimate of drug-likeness (QED) is 0.523. The van der Waals surface area contributed by atoms with Crippen molar-refractivity contribution >= 4 is 29.4 Å². The smallest absolute Gasteiger partial charge is 0.395 e. The fourth-order valence-electron chi connectivity index (χ4n) is 5.20. The summed E-state index contributed by atoms with van der Waals surface area (Å²) in [4.78, 5) is 24.8.